The molecule has 2 atom stereocenters. The first-order valence-electron chi connectivity index (χ1n) is 5.83. The van der Waals surface area contributed by atoms with Gasteiger partial charge in [-0.3, -0.25) is 9.59 Å². The average Bonchev–Trinajstić information content (AvgIpc) is 2.95. The summed E-state index contributed by atoms with van der Waals surface area (Å²) in [5, 5.41) is 11.2. The van der Waals surface area contributed by atoms with Crippen molar-refractivity contribution in [1.29, 1.82) is 0 Å². The molecule has 1 aromatic heterocycles. The van der Waals surface area contributed by atoms with Crippen molar-refractivity contribution in [2.75, 3.05) is 0 Å². The van der Waals surface area contributed by atoms with E-state index in [-0.39, 0.29) is 6.42 Å². The van der Waals surface area contributed by atoms with Crippen molar-refractivity contribution in [1.82, 2.24) is 10.3 Å². The van der Waals surface area contributed by atoms with Gasteiger partial charge in [0.2, 0.25) is 0 Å². The van der Waals surface area contributed by atoms with Gasteiger partial charge in [0.05, 0.1) is 11.4 Å². The SMILES string of the molecule is O=C(N[C@@H]1CC[C@H](C(=O)O)C1)c1ncsc1C(F)(F)F. The molecule has 110 valence electrons. The second kappa shape index (κ2) is 5.39. The minimum absolute atomic E-state index is 0.229. The number of alkyl halides is 3. The van der Waals surface area contributed by atoms with Crippen LogP contribution < -0.4 is 5.32 Å². The predicted octanol–water partition coefficient (Wildman–Crippen LogP) is 2.14. The number of carbonyl (C=O) groups excluding carboxylic acids is 1. The van der Waals surface area contributed by atoms with Gasteiger partial charge in [0.25, 0.3) is 5.91 Å². The predicted molar refractivity (Wildman–Crippen MR) is 63.3 cm³/mol. The van der Waals surface area contributed by atoms with E-state index >= 15 is 0 Å². The van der Waals surface area contributed by atoms with E-state index in [1.54, 1.807) is 0 Å². The Kier molecular flexibility index (Phi) is 3.98. The van der Waals surface area contributed by atoms with Gasteiger partial charge in [0.15, 0.2) is 5.69 Å². The zero-order chi connectivity index (χ0) is 14.9. The Morgan fingerprint density at radius 2 is 2.10 bits per heavy atom. The number of carboxylic acids is 1. The van der Waals surface area contributed by atoms with E-state index in [1.807, 2.05) is 0 Å². The van der Waals surface area contributed by atoms with E-state index in [0.717, 1.165) is 5.51 Å². The first kappa shape index (κ1) is 14.8. The summed E-state index contributed by atoms with van der Waals surface area (Å²) in [7, 11) is 0. The highest BCUT2D eigenvalue weighted by Gasteiger charge is 2.39. The van der Waals surface area contributed by atoms with E-state index in [1.165, 1.54) is 0 Å². The van der Waals surface area contributed by atoms with Crippen LogP contribution in [0.25, 0.3) is 0 Å². The first-order chi connectivity index (χ1) is 9.29. The maximum absolute atomic E-state index is 12.6. The Labute approximate surface area is 115 Å². The van der Waals surface area contributed by atoms with Gasteiger partial charge < -0.3 is 10.4 Å². The molecule has 0 saturated heterocycles. The van der Waals surface area contributed by atoms with Crippen LogP contribution in [0, 0.1) is 5.92 Å². The van der Waals surface area contributed by atoms with Crippen molar-refractivity contribution in [2.45, 2.75) is 31.5 Å². The van der Waals surface area contributed by atoms with Gasteiger partial charge in [-0.2, -0.15) is 13.2 Å². The number of rotatable bonds is 3. The normalized spacial score (nSPS) is 22.8. The molecule has 1 amide bonds. The molecule has 1 saturated carbocycles. The summed E-state index contributed by atoms with van der Waals surface area (Å²) in [6, 6.07) is -0.425. The molecule has 0 spiro atoms. The standard InChI is InChI=1S/C11H11F3N2O3S/c12-11(13,14)8-7(15-4-20-8)9(17)16-6-2-1-5(3-6)10(18)19/h4-6H,1-3H2,(H,16,17)(H,18,19)/t5-,6+/m0/s1. The lowest BCUT2D eigenvalue weighted by atomic mass is 10.1. The minimum atomic E-state index is -4.62. The Bertz CT molecular complexity index is 529. The summed E-state index contributed by atoms with van der Waals surface area (Å²) in [5.41, 5.74) is 0.313. The largest absolute Gasteiger partial charge is 0.481 e. The molecule has 1 aliphatic carbocycles. The number of hydrogen-bond acceptors (Lipinski definition) is 4. The Hall–Kier alpha value is -1.64. The number of aromatic nitrogens is 1. The summed E-state index contributed by atoms with van der Waals surface area (Å²) in [5.74, 6) is -2.42. The minimum Gasteiger partial charge on any atom is -0.481 e. The maximum Gasteiger partial charge on any atom is 0.427 e. The topological polar surface area (TPSA) is 79.3 Å². The molecular formula is C11H11F3N2O3S. The molecule has 0 radical (unpaired) electrons. The lowest BCUT2D eigenvalue weighted by Crippen LogP contribution is -2.34. The molecule has 0 bridgehead atoms. The van der Waals surface area contributed by atoms with Crippen molar-refractivity contribution < 1.29 is 27.9 Å². The molecule has 1 fully saturated rings. The van der Waals surface area contributed by atoms with Crippen LogP contribution in [0.15, 0.2) is 5.51 Å². The molecule has 1 aliphatic rings. The number of amides is 1. The summed E-state index contributed by atoms with van der Waals surface area (Å²) >= 11 is 0.357. The first-order valence-corrected chi connectivity index (χ1v) is 6.71. The molecule has 0 unspecified atom stereocenters. The molecular weight excluding hydrogens is 297 g/mol. The molecule has 2 rings (SSSR count). The monoisotopic (exact) mass is 308 g/mol. The quantitative estimate of drug-likeness (QED) is 0.896. The van der Waals surface area contributed by atoms with Crippen molar-refractivity contribution in [3.8, 4) is 0 Å². The molecule has 1 heterocycles. The fourth-order valence-corrected chi connectivity index (χ4v) is 2.85. The van der Waals surface area contributed by atoms with E-state index in [4.69, 9.17) is 5.11 Å². The lowest BCUT2D eigenvalue weighted by molar-refractivity contribution is -0.141. The lowest BCUT2D eigenvalue weighted by Gasteiger charge is -2.12. The average molecular weight is 308 g/mol. The van der Waals surface area contributed by atoms with Gasteiger partial charge in [0, 0.05) is 6.04 Å². The highest BCUT2D eigenvalue weighted by atomic mass is 32.1. The third-order valence-corrected chi connectivity index (χ3v) is 4.03. The van der Waals surface area contributed by atoms with Gasteiger partial charge >= 0.3 is 12.1 Å². The molecule has 20 heavy (non-hydrogen) atoms. The molecule has 0 aliphatic heterocycles. The Morgan fingerprint density at radius 3 is 2.65 bits per heavy atom. The van der Waals surface area contributed by atoms with E-state index in [0.29, 0.717) is 24.2 Å². The molecule has 0 aromatic carbocycles. The molecule has 1 aromatic rings. The van der Waals surface area contributed by atoms with Gasteiger partial charge in [-0.25, -0.2) is 4.98 Å². The second-order valence-electron chi connectivity index (χ2n) is 4.55. The van der Waals surface area contributed by atoms with E-state index < -0.39 is 40.6 Å². The number of hydrogen-bond donors (Lipinski definition) is 2. The van der Waals surface area contributed by atoms with Gasteiger partial charge in [-0.1, -0.05) is 0 Å². The maximum atomic E-state index is 12.6. The van der Waals surface area contributed by atoms with Crippen LogP contribution in [-0.4, -0.2) is 28.0 Å². The number of nitrogens with zero attached hydrogens (tertiary/aromatic N) is 1. The number of carbonyl (C=O) groups is 2. The number of aliphatic carboxylic acids is 1. The van der Waals surface area contributed by atoms with Crippen LogP contribution >= 0.6 is 11.3 Å². The number of thiazole rings is 1. The van der Waals surface area contributed by atoms with Crippen molar-refractivity contribution >= 4 is 23.2 Å². The van der Waals surface area contributed by atoms with Gasteiger partial charge in [-0.15, -0.1) is 11.3 Å². The summed E-state index contributed by atoms with van der Waals surface area (Å²) in [6.07, 6.45) is -3.54. The van der Waals surface area contributed by atoms with Crippen molar-refractivity contribution in [3.63, 3.8) is 0 Å². The Morgan fingerprint density at radius 1 is 1.40 bits per heavy atom. The van der Waals surface area contributed by atoms with Crippen molar-refractivity contribution in [3.05, 3.63) is 16.1 Å². The number of carboxylic acid groups (broad SMARTS) is 1. The number of nitrogens with one attached hydrogen (secondary N) is 1. The van der Waals surface area contributed by atoms with Gasteiger partial charge in [-0.05, 0) is 19.3 Å². The van der Waals surface area contributed by atoms with E-state index in [9.17, 15) is 22.8 Å². The van der Waals surface area contributed by atoms with E-state index in [2.05, 4.69) is 10.3 Å². The third-order valence-electron chi connectivity index (χ3n) is 3.16. The van der Waals surface area contributed by atoms with Crippen LogP contribution in [0.3, 0.4) is 0 Å². The summed E-state index contributed by atoms with van der Waals surface area (Å²) in [4.78, 5) is 25.0. The summed E-state index contributed by atoms with van der Waals surface area (Å²) in [6.45, 7) is 0. The Balaban J connectivity index is 2.03. The van der Waals surface area contributed by atoms with Crippen LogP contribution in [0.5, 0.6) is 0 Å². The molecule has 2 N–H and O–H groups in total. The fourth-order valence-electron chi connectivity index (χ4n) is 2.20. The highest BCUT2D eigenvalue weighted by Crippen LogP contribution is 2.35. The fraction of sp³-hybridized carbons (Fsp3) is 0.545. The zero-order valence-corrected chi connectivity index (χ0v) is 10.9. The third kappa shape index (κ3) is 3.09. The van der Waals surface area contributed by atoms with Crippen LogP contribution in [0.2, 0.25) is 0 Å². The number of halogens is 3. The van der Waals surface area contributed by atoms with Gasteiger partial charge in [0.1, 0.15) is 4.88 Å². The molecule has 9 heteroatoms. The second-order valence-corrected chi connectivity index (χ2v) is 5.40. The highest BCUT2D eigenvalue weighted by molar-refractivity contribution is 7.10. The smallest absolute Gasteiger partial charge is 0.427 e. The summed E-state index contributed by atoms with van der Waals surface area (Å²) < 4.78 is 37.9. The van der Waals surface area contributed by atoms with Crippen molar-refractivity contribution in [2.24, 2.45) is 5.92 Å². The van der Waals surface area contributed by atoms with Crippen LogP contribution in [-0.2, 0) is 11.0 Å². The van der Waals surface area contributed by atoms with Crippen LogP contribution in [0.1, 0.15) is 34.6 Å². The molecule has 5 nitrogen and oxygen atoms in total. The van der Waals surface area contributed by atoms with Crippen LogP contribution in [0.4, 0.5) is 13.2 Å². The zero-order valence-electron chi connectivity index (χ0n) is 10.1.